The molecule has 4 aromatic rings. The van der Waals surface area contributed by atoms with Crippen molar-refractivity contribution in [1.29, 1.82) is 0 Å². The molecule has 2 aromatic carbocycles. The molecule has 0 spiro atoms. The number of aryl methyl sites for hydroxylation is 2. The van der Waals surface area contributed by atoms with Gasteiger partial charge in [0.2, 0.25) is 5.13 Å². The van der Waals surface area contributed by atoms with E-state index in [0.29, 0.717) is 22.8 Å². The number of nitrogens with zero attached hydrogens (tertiary/aromatic N) is 4. The highest BCUT2D eigenvalue weighted by atomic mass is 79.9. The second kappa shape index (κ2) is 13.3. The lowest BCUT2D eigenvalue weighted by Crippen LogP contribution is -2.20. The molecule has 0 aliphatic carbocycles. The average Bonchev–Trinajstić information content (AvgIpc) is 3.34. The summed E-state index contributed by atoms with van der Waals surface area (Å²) in [6, 6.07) is 20.4. The number of carbonyl (C=O) groups excluding carboxylic acids is 2. The summed E-state index contributed by atoms with van der Waals surface area (Å²) in [6.45, 7) is 0. The Morgan fingerprint density at radius 1 is 0.865 bits per heavy atom. The molecule has 1 atom stereocenters. The number of unbranched alkanes of at least 4 members (excludes halogenated alkanes) is 1. The van der Waals surface area contributed by atoms with Crippen molar-refractivity contribution in [2.24, 2.45) is 0 Å². The van der Waals surface area contributed by atoms with Crippen molar-refractivity contribution in [2.45, 2.75) is 44.6 Å². The first-order valence-corrected chi connectivity index (χ1v) is 13.5. The minimum Gasteiger partial charge on any atom is -0.378 e. The van der Waals surface area contributed by atoms with E-state index in [1.54, 1.807) is 18.2 Å². The van der Waals surface area contributed by atoms with E-state index in [4.69, 9.17) is 0 Å². The quantitative estimate of drug-likeness (QED) is 0.234. The van der Waals surface area contributed by atoms with Crippen LogP contribution in [0.15, 0.2) is 71.2 Å². The Balaban J connectivity index is 1.17. The van der Waals surface area contributed by atoms with Gasteiger partial charge in [-0.15, -0.1) is 10.2 Å². The minimum absolute atomic E-state index is 0.114. The third-order valence-electron chi connectivity index (χ3n) is 5.58. The Hall–Kier alpha value is -3.34. The molecule has 0 saturated heterocycles. The molecular formula is C27H26BrN5O3S. The third kappa shape index (κ3) is 8.34. The summed E-state index contributed by atoms with van der Waals surface area (Å²) in [5, 5.41) is 30.7. The molecule has 2 heterocycles. The molecule has 10 heteroatoms. The Bertz CT molecular complexity index is 1330. The van der Waals surface area contributed by atoms with Crippen molar-refractivity contribution in [3.63, 3.8) is 0 Å². The predicted molar refractivity (Wildman–Crippen MR) is 145 cm³/mol. The average molecular weight is 581 g/mol. The first-order chi connectivity index (χ1) is 18.0. The highest BCUT2D eigenvalue weighted by Gasteiger charge is 2.19. The molecule has 37 heavy (non-hydrogen) atoms. The van der Waals surface area contributed by atoms with Crippen molar-refractivity contribution in [3.05, 3.63) is 98.7 Å². The normalized spacial score (nSPS) is 11.7. The summed E-state index contributed by atoms with van der Waals surface area (Å²) >= 11 is 4.63. The summed E-state index contributed by atoms with van der Waals surface area (Å²) in [5.74, 6) is -0.437. The van der Waals surface area contributed by atoms with Crippen LogP contribution in [0, 0.1) is 0 Å². The van der Waals surface area contributed by atoms with Crippen LogP contribution in [0.2, 0.25) is 0 Å². The summed E-state index contributed by atoms with van der Waals surface area (Å²) in [6.07, 6.45) is 2.64. The molecule has 2 N–H and O–H groups in total. The Labute approximate surface area is 227 Å². The van der Waals surface area contributed by atoms with Crippen LogP contribution < -0.4 is 5.32 Å². The summed E-state index contributed by atoms with van der Waals surface area (Å²) < 4.78 is 0.783. The van der Waals surface area contributed by atoms with Gasteiger partial charge in [0, 0.05) is 17.3 Å². The van der Waals surface area contributed by atoms with E-state index in [2.05, 4.69) is 41.6 Å². The van der Waals surface area contributed by atoms with Crippen molar-refractivity contribution < 1.29 is 14.7 Å². The zero-order valence-electron chi connectivity index (χ0n) is 20.0. The maximum Gasteiger partial charge on any atom is 0.259 e. The number of hydrogen-bond acceptors (Lipinski definition) is 8. The number of carbonyl (C=O) groups is 2. The van der Waals surface area contributed by atoms with E-state index in [-0.39, 0.29) is 12.2 Å². The fourth-order valence-electron chi connectivity index (χ4n) is 3.69. The van der Waals surface area contributed by atoms with Gasteiger partial charge < -0.3 is 5.11 Å². The number of ketones is 1. The number of hydrogen-bond donors (Lipinski definition) is 2. The molecule has 4 rings (SSSR count). The van der Waals surface area contributed by atoms with Crippen molar-refractivity contribution in [1.82, 2.24) is 20.4 Å². The lowest BCUT2D eigenvalue weighted by molar-refractivity contribution is -0.124. The SMILES string of the molecule is O=C(Cc1ccccc1)Cc1ccc(CCCCc2nnc(NC(=O)C(O)c3cccc(Br)c3)s2)nn1. The highest BCUT2D eigenvalue weighted by Crippen LogP contribution is 2.22. The van der Waals surface area contributed by atoms with Crippen molar-refractivity contribution in [3.8, 4) is 0 Å². The topological polar surface area (TPSA) is 118 Å². The van der Waals surface area contributed by atoms with Gasteiger partial charge in [-0.2, -0.15) is 10.2 Å². The largest absolute Gasteiger partial charge is 0.378 e. The van der Waals surface area contributed by atoms with Gasteiger partial charge in [0.25, 0.3) is 5.91 Å². The van der Waals surface area contributed by atoms with Crippen LogP contribution in [0.25, 0.3) is 0 Å². The fourth-order valence-corrected chi connectivity index (χ4v) is 4.89. The standard InChI is InChI=1S/C27H26BrN5O3S/c28-20-10-6-9-19(16-20)25(35)26(36)29-27-33-32-24(37-27)12-5-4-11-21-13-14-22(31-30-21)17-23(34)15-18-7-2-1-3-8-18/h1-3,6-10,13-14,16,25,35H,4-5,11-12,15,17H2,(H,29,33,36). The monoisotopic (exact) mass is 579 g/mol. The van der Waals surface area contributed by atoms with Gasteiger partial charge in [-0.25, -0.2) is 0 Å². The van der Waals surface area contributed by atoms with E-state index < -0.39 is 12.0 Å². The van der Waals surface area contributed by atoms with Crippen LogP contribution in [0.3, 0.4) is 0 Å². The van der Waals surface area contributed by atoms with Gasteiger partial charge in [-0.1, -0.05) is 69.7 Å². The number of anilines is 1. The third-order valence-corrected chi connectivity index (χ3v) is 6.97. The first-order valence-electron chi connectivity index (χ1n) is 11.9. The Morgan fingerprint density at radius 2 is 1.62 bits per heavy atom. The van der Waals surface area contributed by atoms with Gasteiger partial charge in [-0.3, -0.25) is 14.9 Å². The van der Waals surface area contributed by atoms with Crippen molar-refractivity contribution in [2.75, 3.05) is 5.32 Å². The number of benzene rings is 2. The zero-order valence-corrected chi connectivity index (χ0v) is 22.4. The number of aromatic nitrogens is 4. The lowest BCUT2D eigenvalue weighted by Gasteiger charge is -2.10. The summed E-state index contributed by atoms with van der Waals surface area (Å²) in [5.41, 5.74) is 3.05. The van der Waals surface area contributed by atoms with Crippen LogP contribution in [-0.4, -0.2) is 37.2 Å². The molecular weight excluding hydrogens is 554 g/mol. The van der Waals surface area contributed by atoms with E-state index in [0.717, 1.165) is 46.4 Å². The molecule has 190 valence electrons. The predicted octanol–water partition coefficient (Wildman–Crippen LogP) is 4.68. The van der Waals surface area contributed by atoms with E-state index >= 15 is 0 Å². The van der Waals surface area contributed by atoms with E-state index in [1.807, 2.05) is 48.5 Å². The van der Waals surface area contributed by atoms with E-state index in [9.17, 15) is 14.7 Å². The van der Waals surface area contributed by atoms with Gasteiger partial charge in [0.15, 0.2) is 6.10 Å². The molecule has 0 aliphatic heterocycles. The van der Waals surface area contributed by atoms with Gasteiger partial charge in [0.05, 0.1) is 17.8 Å². The molecule has 0 aliphatic rings. The number of nitrogens with one attached hydrogen (secondary N) is 1. The zero-order chi connectivity index (χ0) is 26.0. The van der Waals surface area contributed by atoms with Gasteiger partial charge in [-0.05, 0) is 54.7 Å². The second-order valence-electron chi connectivity index (χ2n) is 8.55. The van der Waals surface area contributed by atoms with Gasteiger partial charge >= 0.3 is 0 Å². The van der Waals surface area contributed by atoms with Gasteiger partial charge in [0.1, 0.15) is 10.8 Å². The molecule has 2 aromatic heterocycles. The number of aliphatic hydroxyl groups excluding tert-OH is 1. The van der Waals surface area contributed by atoms with Crippen LogP contribution >= 0.6 is 27.3 Å². The number of amides is 1. The minimum atomic E-state index is -1.29. The maximum absolute atomic E-state index is 12.3. The van der Waals surface area contributed by atoms with Crippen molar-refractivity contribution >= 4 is 44.1 Å². The fraction of sp³-hybridized carbons (Fsp3) is 0.259. The molecule has 1 unspecified atom stereocenters. The molecule has 0 radical (unpaired) electrons. The molecule has 1 amide bonds. The van der Waals surface area contributed by atoms with Crippen LogP contribution in [0.5, 0.6) is 0 Å². The Kier molecular flexibility index (Phi) is 9.58. The number of halogens is 1. The highest BCUT2D eigenvalue weighted by molar-refractivity contribution is 9.10. The number of Topliss-reactive ketones (excluding diaryl/α,β-unsaturated/α-hetero) is 1. The molecule has 0 bridgehead atoms. The number of rotatable bonds is 12. The number of aliphatic hydroxyl groups is 1. The van der Waals surface area contributed by atoms with Crippen LogP contribution in [-0.2, 0) is 35.3 Å². The summed E-state index contributed by atoms with van der Waals surface area (Å²) in [4.78, 5) is 24.6. The molecule has 8 nitrogen and oxygen atoms in total. The van der Waals surface area contributed by atoms with E-state index in [1.165, 1.54) is 11.3 Å². The van der Waals surface area contributed by atoms with Crippen LogP contribution in [0.1, 0.15) is 46.5 Å². The maximum atomic E-state index is 12.3. The second-order valence-corrected chi connectivity index (χ2v) is 10.5. The molecule has 0 saturated carbocycles. The van der Waals surface area contributed by atoms with Crippen LogP contribution in [0.4, 0.5) is 5.13 Å². The molecule has 0 fully saturated rings. The summed E-state index contributed by atoms with van der Waals surface area (Å²) in [7, 11) is 0. The lowest BCUT2D eigenvalue weighted by atomic mass is 10.1. The first kappa shape index (κ1) is 26.7. The smallest absolute Gasteiger partial charge is 0.259 e. The Morgan fingerprint density at radius 3 is 2.38 bits per heavy atom.